The van der Waals surface area contributed by atoms with Crippen molar-refractivity contribution < 1.29 is 37.6 Å². The monoisotopic (exact) mass is 633 g/mol. The van der Waals surface area contributed by atoms with Gasteiger partial charge in [0.15, 0.2) is 6.10 Å². The Hall–Kier alpha value is -1.25. The lowest BCUT2D eigenvalue weighted by Gasteiger charge is -2.19. The fraction of sp³-hybridized carbons (Fsp3) is 0.879. The number of phosphoric acid groups is 1. The molecule has 0 saturated heterocycles. The lowest BCUT2D eigenvalue weighted by Crippen LogP contribution is -2.29. The van der Waals surface area contributed by atoms with E-state index in [-0.39, 0.29) is 32.6 Å². The minimum atomic E-state index is -4.36. The summed E-state index contributed by atoms with van der Waals surface area (Å²) in [6.45, 7) is 3.64. The molecule has 0 aliphatic rings. The Kier molecular flexibility index (Phi) is 29.9. The van der Waals surface area contributed by atoms with Crippen molar-refractivity contribution in [2.75, 3.05) is 26.4 Å². The number of hydrogen-bond acceptors (Lipinski definition) is 8. The first-order valence-corrected chi connectivity index (χ1v) is 18.7. The van der Waals surface area contributed by atoms with Gasteiger partial charge in [0.25, 0.3) is 0 Å². The van der Waals surface area contributed by atoms with Gasteiger partial charge in [-0.2, -0.15) is 0 Å². The molecule has 0 aliphatic heterocycles. The molecule has 1 unspecified atom stereocenters. The van der Waals surface area contributed by atoms with Crippen LogP contribution in [0.4, 0.5) is 0 Å². The number of esters is 2. The van der Waals surface area contributed by atoms with Gasteiger partial charge in [0.05, 0.1) is 13.2 Å². The zero-order valence-electron chi connectivity index (χ0n) is 27.4. The lowest BCUT2D eigenvalue weighted by molar-refractivity contribution is -0.161. The number of allylic oxidation sites excluding steroid dienone is 2. The molecule has 2 atom stereocenters. The molecule has 0 radical (unpaired) electrons. The second kappa shape index (κ2) is 30.8. The first kappa shape index (κ1) is 41.8. The van der Waals surface area contributed by atoms with Crippen LogP contribution in [-0.4, -0.2) is 49.3 Å². The fourth-order valence-corrected chi connectivity index (χ4v) is 5.33. The van der Waals surface area contributed by atoms with Crippen LogP contribution in [0.3, 0.4) is 0 Å². The Morgan fingerprint density at radius 3 is 1.70 bits per heavy atom. The smallest absolute Gasteiger partial charge is 0.462 e. The first-order chi connectivity index (χ1) is 20.8. The summed E-state index contributed by atoms with van der Waals surface area (Å²) in [6, 6.07) is 0. The third kappa shape index (κ3) is 30.6. The zero-order valence-corrected chi connectivity index (χ0v) is 28.3. The molecule has 0 aliphatic carbocycles. The minimum absolute atomic E-state index is 0.0526. The number of unbranched alkanes of at least 4 members (excludes halogenated alkanes) is 17. The molecule has 43 heavy (non-hydrogen) atoms. The number of rotatable bonds is 32. The quantitative estimate of drug-likeness (QED) is 0.0323. The number of carbonyl (C=O) groups excluding carboxylic acids is 2. The average molecular weight is 634 g/mol. The van der Waals surface area contributed by atoms with Crippen LogP contribution in [0.5, 0.6) is 0 Å². The summed E-state index contributed by atoms with van der Waals surface area (Å²) in [6.07, 6.45) is 26.9. The Labute approximate surface area is 262 Å². The van der Waals surface area contributed by atoms with Crippen molar-refractivity contribution in [3.63, 3.8) is 0 Å². The third-order valence-corrected chi connectivity index (χ3v) is 8.14. The largest absolute Gasteiger partial charge is 0.472 e. The van der Waals surface area contributed by atoms with Gasteiger partial charge < -0.3 is 20.1 Å². The van der Waals surface area contributed by atoms with E-state index in [1.165, 1.54) is 83.5 Å². The van der Waals surface area contributed by atoms with Crippen LogP contribution in [0, 0.1) is 0 Å². The molecular weight excluding hydrogens is 569 g/mol. The van der Waals surface area contributed by atoms with Gasteiger partial charge in [-0.05, 0) is 38.5 Å². The van der Waals surface area contributed by atoms with Crippen LogP contribution >= 0.6 is 7.82 Å². The van der Waals surface area contributed by atoms with Crippen LogP contribution in [0.1, 0.15) is 155 Å². The second-order valence-corrected chi connectivity index (χ2v) is 12.8. The Bertz CT molecular complexity index is 734. The number of nitrogens with two attached hydrogens (primary N) is 1. The van der Waals surface area contributed by atoms with Crippen LogP contribution in [0.15, 0.2) is 12.2 Å². The van der Waals surface area contributed by atoms with E-state index in [0.717, 1.165) is 38.5 Å². The molecule has 0 heterocycles. The Balaban J connectivity index is 4.26. The molecule has 0 aromatic carbocycles. The molecule has 0 aromatic rings. The molecule has 0 aromatic heterocycles. The van der Waals surface area contributed by atoms with E-state index in [2.05, 4.69) is 26.0 Å². The molecule has 0 fully saturated rings. The topological polar surface area (TPSA) is 134 Å². The van der Waals surface area contributed by atoms with E-state index in [1.54, 1.807) is 0 Å². The van der Waals surface area contributed by atoms with Gasteiger partial charge in [-0.25, -0.2) is 4.57 Å². The van der Waals surface area contributed by atoms with E-state index in [0.29, 0.717) is 6.42 Å². The van der Waals surface area contributed by atoms with Crippen molar-refractivity contribution in [2.45, 2.75) is 161 Å². The summed E-state index contributed by atoms with van der Waals surface area (Å²) in [7, 11) is -4.36. The highest BCUT2D eigenvalue weighted by Gasteiger charge is 2.25. The van der Waals surface area contributed by atoms with Crippen molar-refractivity contribution in [1.82, 2.24) is 0 Å². The van der Waals surface area contributed by atoms with Gasteiger partial charge in [-0.15, -0.1) is 0 Å². The molecule has 0 spiro atoms. The number of carbonyl (C=O) groups is 2. The van der Waals surface area contributed by atoms with Crippen molar-refractivity contribution >= 4 is 19.8 Å². The molecule has 10 heteroatoms. The predicted molar refractivity (Wildman–Crippen MR) is 174 cm³/mol. The van der Waals surface area contributed by atoms with Crippen LogP contribution < -0.4 is 5.73 Å². The molecule has 0 rings (SSSR count). The maximum atomic E-state index is 12.4. The van der Waals surface area contributed by atoms with Gasteiger partial charge >= 0.3 is 19.8 Å². The number of ether oxygens (including phenoxy) is 2. The summed E-state index contributed by atoms with van der Waals surface area (Å²) >= 11 is 0. The van der Waals surface area contributed by atoms with Gasteiger partial charge in [0.2, 0.25) is 0 Å². The second-order valence-electron chi connectivity index (χ2n) is 11.4. The summed E-state index contributed by atoms with van der Waals surface area (Å²) in [5.74, 6) is -0.860. The van der Waals surface area contributed by atoms with E-state index >= 15 is 0 Å². The summed E-state index contributed by atoms with van der Waals surface area (Å²) in [4.78, 5) is 34.4. The van der Waals surface area contributed by atoms with E-state index in [9.17, 15) is 19.0 Å². The van der Waals surface area contributed by atoms with Gasteiger partial charge in [0.1, 0.15) is 6.61 Å². The van der Waals surface area contributed by atoms with Crippen molar-refractivity contribution in [3.8, 4) is 0 Å². The highest BCUT2D eigenvalue weighted by atomic mass is 31.2. The normalized spacial score (nSPS) is 13.7. The maximum Gasteiger partial charge on any atom is 0.472 e. The molecule has 0 amide bonds. The molecule has 0 saturated carbocycles. The van der Waals surface area contributed by atoms with Gasteiger partial charge in [0, 0.05) is 19.4 Å². The fourth-order valence-electron chi connectivity index (χ4n) is 4.57. The SMILES string of the molecule is CCCCCCCCCCC/C=C/CCCCC(=O)O[C@H](COC(=O)CCCCCCCCC)COP(=O)(O)OCCN. The van der Waals surface area contributed by atoms with Gasteiger partial charge in [-0.3, -0.25) is 18.6 Å². The van der Waals surface area contributed by atoms with Crippen molar-refractivity contribution in [3.05, 3.63) is 12.2 Å². The number of hydrogen-bond donors (Lipinski definition) is 2. The van der Waals surface area contributed by atoms with E-state index in [1.807, 2.05) is 0 Å². The average Bonchev–Trinajstić information content (AvgIpc) is 2.99. The lowest BCUT2D eigenvalue weighted by atomic mass is 10.1. The molecule has 254 valence electrons. The molecule has 3 N–H and O–H groups in total. The summed E-state index contributed by atoms with van der Waals surface area (Å²) in [5.41, 5.74) is 5.30. The van der Waals surface area contributed by atoms with Crippen LogP contribution in [0.2, 0.25) is 0 Å². The Morgan fingerprint density at radius 1 is 0.674 bits per heavy atom. The molecule has 9 nitrogen and oxygen atoms in total. The van der Waals surface area contributed by atoms with Crippen LogP contribution in [-0.2, 0) is 32.7 Å². The zero-order chi connectivity index (χ0) is 31.9. The number of phosphoric ester groups is 1. The minimum Gasteiger partial charge on any atom is -0.462 e. The first-order valence-electron chi connectivity index (χ1n) is 17.2. The molecular formula is C33H64NO8P. The van der Waals surface area contributed by atoms with Crippen molar-refractivity contribution in [1.29, 1.82) is 0 Å². The standard InChI is InChI=1S/C33H64NO8P/c1-3-5-7-9-11-12-13-14-15-16-17-18-20-22-24-26-33(36)42-31(30-41-43(37,38)40-28-27-34)29-39-32(35)25-23-21-19-10-8-6-4-2/h17-18,31H,3-16,19-30,34H2,1-2H3,(H,37,38)/b18-17+/t31-/m1/s1. The highest BCUT2D eigenvalue weighted by Crippen LogP contribution is 2.43. The Morgan fingerprint density at radius 2 is 1.14 bits per heavy atom. The highest BCUT2D eigenvalue weighted by molar-refractivity contribution is 7.47. The maximum absolute atomic E-state index is 12.4. The molecule has 0 bridgehead atoms. The van der Waals surface area contributed by atoms with Gasteiger partial charge in [-0.1, -0.05) is 116 Å². The summed E-state index contributed by atoms with van der Waals surface area (Å²) in [5, 5.41) is 0. The summed E-state index contributed by atoms with van der Waals surface area (Å²) < 4.78 is 32.4. The van der Waals surface area contributed by atoms with E-state index in [4.69, 9.17) is 24.3 Å². The third-order valence-electron chi connectivity index (χ3n) is 7.15. The van der Waals surface area contributed by atoms with E-state index < -0.39 is 32.5 Å². The van der Waals surface area contributed by atoms with Crippen molar-refractivity contribution in [2.24, 2.45) is 5.73 Å². The predicted octanol–water partition coefficient (Wildman–Crippen LogP) is 8.71. The van der Waals surface area contributed by atoms with Crippen LogP contribution in [0.25, 0.3) is 0 Å².